The number of hydrogen-bond acceptors (Lipinski definition) is 4. The first-order chi connectivity index (χ1) is 11.6. The molecule has 1 aliphatic heterocycles. The van der Waals surface area contributed by atoms with Crippen molar-refractivity contribution in [2.45, 2.75) is 13.5 Å². The van der Waals surface area contributed by atoms with E-state index < -0.39 is 0 Å². The highest BCUT2D eigenvalue weighted by Gasteiger charge is 2.39. The minimum atomic E-state index is -0.328. The van der Waals surface area contributed by atoms with E-state index in [0.29, 0.717) is 32.7 Å². The summed E-state index contributed by atoms with van der Waals surface area (Å²) in [7, 11) is 0. The largest absolute Gasteiger partial charge is 0.270 e. The van der Waals surface area contributed by atoms with Gasteiger partial charge in [0.1, 0.15) is 0 Å². The third kappa shape index (κ3) is 2.17. The first-order valence-electron chi connectivity index (χ1n) is 7.41. The Bertz CT molecular complexity index is 1000. The van der Waals surface area contributed by atoms with Gasteiger partial charge in [0.25, 0.3) is 11.8 Å². The lowest BCUT2D eigenvalue weighted by Gasteiger charge is -2.13. The third-order valence-corrected chi connectivity index (χ3v) is 4.34. The fourth-order valence-corrected chi connectivity index (χ4v) is 3.19. The number of benzene rings is 1. The molecule has 6 heteroatoms. The molecule has 3 heterocycles. The first-order valence-corrected chi connectivity index (χ1v) is 7.79. The molecule has 5 nitrogen and oxygen atoms in total. The van der Waals surface area contributed by atoms with Crippen LogP contribution in [-0.4, -0.2) is 26.7 Å². The van der Waals surface area contributed by atoms with Gasteiger partial charge >= 0.3 is 0 Å². The molecule has 0 saturated carbocycles. The number of halogens is 1. The van der Waals surface area contributed by atoms with Crippen molar-refractivity contribution in [2.75, 3.05) is 0 Å². The normalized spacial score (nSPS) is 13.7. The average Bonchev–Trinajstić information content (AvgIpc) is 2.82. The summed E-state index contributed by atoms with van der Waals surface area (Å²) in [6.07, 6.45) is 3.29. The van der Waals surface area contributed by atoms with Crippen molar-refractivity contribution in [1.82, 2.24) is 14.9 Å². The number of aromatic nitrogens is 2. The van der Waals surface area contributed by atoms with Crippen molar-refractivity contribution in [3.05, 3.63) is 70.1 Å². The topological polar surface area (TPSA) is 63.2 Å². The Morgan fingerprint density at radius 3 is 2.67 bits per heavy atom. The summed E-state index contributed by atoms with van der Waals surface area (Å²) in [4.78, 5) is 35.4. The van der Waals surface area contributed by atoms with Gasteiger partial charge in [0.05, 0.1) is 28.9 Å². The smallest absolute Gasteiger partial charge is 0.263 e. The summed E-state index contributed by atoms with van der Waals surface area (Å²) in [5, 5.41) is 1.11. The highest BCUT2D eigenvalue weighted by molar-refractivity contribution is 6.32. The van der Waals surface area contributed by atoms with Crippen LogP contribution in [0.4, 0.5) is 0 Å². The second-order valence-corrected chi connectivity index (χ2v) is 6.10. The van der Waals surface area contributed by atoms with E-state index >= 15 is 0 Å². The fraction of sp³-hybridized carbons (Fsp3) is 0.111. The zero-order valence-electron chi connectivity index (χ0n) is 12.8. The molecule has 0 spiro atoms. The molecule has 1 aliphatic rings. The van der Waals surface area contributed by atoms with Crippen molar-refractivity contribution in [3.8, 4) is 0 Å². The minimum Gasteiger partial charge on any atom is -0.270 e. The number of amides is 2. The number of carbonyl (C=O) groups excluding carboxylic acids is 2. The summed E-state index contributed by atoms with van der Waals surface area (Å²) in [5.41, 5.74) is 2.74. The molecule has 24 heavy (non-hydrogen) atoms. The van der Waals surface area contributed by atoms with E-state index in [0.717, 1.165) is 5.56 Å². The Morgan fingerprint density at radius 1 is 1.12 bits per heavy atom. The minimum absolute atomic E-state index is 0.182. The van der Waals surface area contributed by atoms with Crippen LogP contribution in [-0.2, 0) is 6.54 Å². The molecule has 0 N–H and O–H groups in total. The predicted octanol–water partition coefficient (Wildman–Crippen LogP) is 3.39. The van der Waals surface area contributed by atoms with Crippen LogP contribution in [0.2, 0.25) is 5.02 Å². The average molecular weight is 338 g/mol. The van der Waals surface area contributed by atoms with Gasteiger partial charge in [-0.2, -0.15) is 0 Å². The van der Waals surface area contributed by atoms with E-state index in [4.69, 9.17) is 11.6 Å². The molecule has 0 bridgehead atoms. The second-order valence-electron chi connectivity index (χ2n) is 5.67. The van der Waals surface area contributed by atoms with Crippen LogP contribution in [0.3, 0.4) is 0 Å². The van der Waals surface area contributed by atoms with Crippen molar-refractivity contribution < 1.29 is 9.59 Å². The Balaban J connectivity index is 1.88. The summed E-state index contributed by atoms with van der Waals surface area (Å²) >= 11 is 6.06. The van der Waals surface area contributed by atoms with E-state index in [2.05, 4.69) is 9.97 Å². The van der Waals surface area contributed by atoms with E-state index in [-0.39, 0.29) is 18.4 Å². The maximum Gasteiger partial charge on any atom is 0.263 e. The van der Waals surface area contributed by atoms with Gasteiger partial charge in [0.2, 0.25) is 0 Å². The molecular formula is C18H12ClN3O2. The van der Waals surface area contributed by atoms with E-state index in [1.807, 2.05) is 6.07 Å². The van der Waals surface area contributed by atoms with Crippen LogP contribution in [0.5, 0.6) is 0 Å². The molecule has 2 aromatic heterocycles. The Morgan fingerprint density at radius 2 is 1.92 bits per heavy atom. The predicted molar refractivity (Wildman–Crippen MR) is 89.9 cm³/mol. The molecule has 1 aromatic carbocycles. The number of imide groups is 1. The van der Waals surface area contributed by atoms with Gasteiger partial charge in [-0.3, -0.25) is 24.5 Å². The second kappa shape index (κ2) is 5.39. The number of rotatable bonds is 2. The molecule has 4 rings (SSSR count). The number of nitrogens with zero attached hydrogens (tertiary/aromatic N) is 3. The molecule has 0 atom stereocenters. The molecule has 0 unspecified atom stereocenters. The highest BCUT2D eigenvalue weighted by Crippen LogP contribution is 2.33. The first kappa shape index (κ1) is 14.8. The van der Waals surface area contributed by atoms with Crippen LogP contribution >= 0.6 is 11.6 Å². The van der Waals surface area contributed by atoms with Crippen molar-refractivity contribution >= 4 is 34.3 Å². The molecule has 0 fully saturated rings. The molecule has 3 aromatic rings. The van der Waals surface area contributed by atoms with Crippen LogP contribution < -0.4 is 0 Å². The van der Waals surface area contributed by atoms with E-state index in [1.54, 1.807) is 43.6 Å². The van der Waals surface area contributed by atoms with E-state index in [1.165, 1.54) is 4.90 Å². The van der Waals surface area contributed by atoms with Gasteiger partial charge < -0.3 is 0 Å². The Kier molecular flexibility index (Phi) is 3.32. The SMILES string of the molecule is Cc1nc2ccc(Cl)cc2c2c1C(=O)N(Cc1cccnc1)C2=O. The van der Waals surface area contributed by atoms with Crippen LogP contribution in [0, 0.1) is 6.92 Å². The monoisotopic (exact) mass is 337 g/mol. The Labute approximate surface area is 142 Å². The maximum atomic E-state index is 12.9. The number of hydrogen-bond donors (Lipinski definition) is 0. The van der Waals surface area contributed by atoms with Gasteiger partial charge in [-0.1, -0.05) is 17.7 Å². The van der Waals surface area contributed by atoms with E-state index in [9.17, 15) is 9.59 Å². The Hall–Kier alpha value is -2.79. The van der Waals surface area contributed by atoms with Crippen molar-refractivity contribution in [1.29, 1.82) is 0 Å². The molecule has 118 valence electrons. The molecule has 0 radical (unpaired) electrons. The summed E-state index contributed by atoms with van der Waals surface area (Å²) in [6.45, 7) is 1.92. The fourth-order valence-electron chi connectivity index (χ4n) is 3.02. The lowest BCUT2D eigenvalue weighted by Crippen LogP contribution is -2.29. The van der Waals surface area contributed by atoms with Crippen LogP contribution in [0.1, 0.15) is 32.0 Å². The molecular weight excluding hydrogens is 326 g/mol. The lowest BCUT2D eigenvalue weighted by atomic mass is 10.0. The van der Waals surface area contributed by atoms with Crippen molar-refractivity contribution in [3.63, 3.8) is 0 Å². The lowest BCUT2D eigenvalue weighted by molar-refractivity contribution is 0.0642. The van der Waals surface area contributed by atoms with Crippen molar-refractivity contribution in [2.24, 2.45) is 0 Å². The van der Waals surface area contributed by atoms with Crippen LogP contribution in [0.15, 0.2) is 42.7 Å². The third-order valence-electron chi connectivity index (χ3n) is 4.11. The number of fused-ring (bicyclic) bond motifs is 3. The van der Waals surface area contributed by atoms with Gasteiger partial charge in [-0.25, -0.2) is 0 Å². The molecule has 0 saturated heterocycles. The highest BCUT2D eigenvalue weighted by atomic mass is 35.5. The molecule has 0 aliphatic carbocycles. The summed E-state index contributed by atoms with van der Waals surface area (Å²) < 4.78 is 0. The zero-order chi connectivity index (χ0) is 16.8. The quantitative estimate of drug-likeness (QED) is 0.672. The van der Waals surface area contributed by atoms with Gasteiger partial charge in [-0.15, -0.1) is 0 Å². The number of carbonyl (C=O) groups is 2. The van der Waals surface area contributed by atoms with Gasteiger partial charge in [0.15, 0.2) is 0 Å². The van der Waals surface area contributed by atoms with Gasteiger partial charge in [0, 0.05) is 22.8 Å². The number of aryl methyl sites for hydroxylation is 1. The maximum absolute atomic E-state index is 12.9. The standard InChI is InChI=1S/C18H12ClN3O2/c1-10-15-16(13-7-12(19)4-5-14(13)21-10)18(24)22(17(15)23)9-11-3-2-6-20-8-11/h2-8H,9H2,1H3. The molecule has 2 amide bonds. The zero-order valence-corrected chi connectivity index (χ0v) is 13.5. The van der Waals surface area contributed by atoms with Gasteiger partial charge in [-0.05, 0) is 36.8 Å². The summed E-state index contributed by atoms with van der Waals surface area (Å²) in [5.74, 6) is -0.651. The number of pyridine rings is 2. The van der Waals surface area contributed by atoms with Crippen LogP contribution in [0.25, 0.3) is 10.9 Å². The summed E-state index contributed by atoms with van der Waals surface area (Å²) in [6, 6.07) is 8.76.